The highest BCUT2D eigenvalue weighted by Gasteiger charge is 2.21. The summed E-state index contributed by atoms with van der Waals surface area (Å²) in [5, 5.41) is 6.10. The maximum absolute atomic E-state index is 12.9. The fourth-order valence-electron chi connectivity index (χ4n) is 2.45. The zero-order chi connectivity index (χ0) is 16.1. The molecule has 23 heavy (non-hydrogen) atoms. The average molecular weight is 315 g/mol. The van der Waals surface area contributed by atoms with E-state index >= 15 is 0 Å². The quantitative estimate of drug-likeness (QED) is 0.888. The van der Waals surface area contributed by atoms with Gasteiger partial charge in [-0.3, -0.25) is 4.79 Å². The van der Waals surface area contributed by atoms with Gasteiger partial charge >= 0.3 is 0 Å². The molecule has 0 saturated carbocycles. The minimum atomic E-state index is -0.317. The largest absolute Gasteiger partial charge is 0.439 e. The molecule has 1 aliphatic heterocycles. The Morgan fingerprint density at radius 2 is 2.17 bits per heavy atom. The predicted octanol–water partition coefficient (Wildman–Crippen LogP) is 2.24. The molecule has 1 saturated heterocycles. The molecule has 0 radical (unpaired) electrons. The van der Waals surface area contributed by atoms with E-state index in [1.54, 1.807) is 24.4 Å². The maximum atomic E-state index is 12.9. The van der Waals surface area contributed by atoms with E-state index in [4.69, 9.17) is 4.74 Å². The smallest absolute Gasteiger partial charge is 0.224 e. The summed E-state index contributed by atoms with van der Waals surface area (Å²) in [5.41, 5.74) is 0.899. The van der Waals surface area contributed by atoms with E-state index in [2.05, 4.69) is 15.6 Å². The number of pyridine rings is 1. The highest BCUT2D eigenvalue weighted by atomic mass is 19.1. The Labute approximate surface area is 133 Å². The fourth-order valence-corrected chi connectivity index (χ4v) is 2.45. The van der Waals surface area contributed by atoms with Crippen LogP contribution in [0.25, 0.3) is 0 Å². The van der Waals surface area contributed by atoms with Crippen LogP contribution in [-0.2, 0) is 11.3 Å². The van der Waals surface area contributed by atoms with E-state index in [0.29, 0.717) is 18.2 Å². The van der Waals surface area contributed by atoms with Crippen molar-refractivity contribution in [2.45, 2.75) is 13.0 Å². The average Bonchev–Trinajstić information content (AvgIpc) is 3.10. The lowest BCUT2D eigenvalue weighted by Gasteiger charge is -2.10. The number of carbonyl (C=O) groups excluding carboxylic acids is 1. The summed E-state index contributed by atoms with van der Waals surface area (Å²) in [6.45, 7) is 2.06. The molecular weight excluding hydrogens is 297 g/mol. The van der Waals surface area contributed by atoms with Crippen LogP contribution in [0.5, 0.6) is 11.6 Å². The van der Waals surface area contributed by atoms with E-state index in [1.807, 2.05) is 6.07 Å². The van der Waals surface area contributed by atoms with E-state index in [1.165, 1.54) is 12.1 Å². The standard InChI is InChI=1S/C17H18FN3O2/c18-14-1-3-15(4-2-14)23-16-9-12(5-8-20-16)10-21-17(22)13-6-7-19-11-13/h1-5,8-9,13,19H,6-7,10-11H2,(H,21,22). The van der Waals surface area contributed by atoms with Gasteiger partial charge in [-0.05, 0) is 48.9 Å². The van der Waals surface area contributed by atoms with Crippen molar-refractivity contribution in [3.05, 3.63) is 54.0 Å². The number of rotatable bonds is 5. The van der Waals surface area contributed by atoms with Crippen molar-refractivity contribution in [3.8, 4) is 11.6 Å². The first kappa shape index (κ1) is 15.4. The van der Waals surface area contributed by atoms with Gasteiger partial charge in [0.2, 0.25) is 11.8 Å². The second kappa shape index (κ2) is 7.19. The van der Waals surface area contributed by atoms with E-state index < -0.39 is 0 Å². The van der Waals surface area contributed by atoms with Gasteiger partial charge in [-0.15, -0.1) is 0 Å². The van der Waals surface area contributed by atoms with E-state index in [0.717, 1.165) is 25.1 Å². The molecule has 1 fully saturated rings. The third-order valence-electron chi connectivity index (χ3n) is 3.73. The molecule has 1 aliphatic rings. The molecule has 3 rings (SSSR count). The monoisotopic (exact) mass is 315 g/mol. The second-order valence-corrected chi connectivity index (χ2v) is 5.47. The molecule has 120 valence electrons. The molecule has 2 N–H and O–H groups in total. The molecule has 1 atom stereocenters. The number of amides is 1. The van der Waals surface area contributed by atoms with Gasteiger partial charge < -0.3 is 15.4 Å². The summed E-state index contributed by atoms with van der Waals surface area (Å²) >= 11 is 0. The Bertz CT molecular complexity index is 670. The normalized spacial score (nSPS) is 17.0. The Balaban J connectivity index is 1.58. The fraction of sp³-hybridized carbons (Fsp3) is 0.294. The highest BCUT2D eigenvalue weighted by Crippen LogP contribution is 2.20. The molecule has 1 amide bonds. The summed E-state index contributed by atoms with van der Waals surface area (Å²) < 4.78 is 18.5. The van der Waals surface area contributed by atoms with Crippen LogP contribution < -0.4 is 15.4 Å². The molecule has 2 heterocycles. The Morgan fingerprint density at radius 1 is 1.35 bits per heavy atom. The van der Waals surface area contributed by atoms with Gasteiger partial charge in [0.25, 0.3) is 0 Å². The zero-order valence-electron chi connectivity index (χ0n) is 12.6. The summed E-state index contributed by atoms with van der Waals surface area (Å²) in [7, 11) is 0. The number of benzene rings is 1. The van der Waals surface area contributed by atoms with Crippen molar-refractivity contribution in [2.24, 2.45) is 5.92 Å². The maximum Gasteiger partial charge on any atom is 0.224 e. The van der Waals surface area contributed by atoms with E-state index in [9.17, 15) is 9.18 Å². The first-order valence-corrected chi connectivity index (χ1v) is 7.57. The molecule has 0 spiro atoms. The van der Waals surface area contributed by atoms with Gasteiger partial charge in [-0.25, -0.2) is 9.37 Å². The van der Waals surface area contributed by atoms with Crippen molar-refractivity contribution in [1.82, 2.24) is 15.6 Å². The van der Waals surface area contributed by atoms with Gasteiger partial charge in [-0.2, -0.15) is 0 Å². The lowest BCUT2D eigenvalue weighted by Crippen LogP contribution is -2.31. The minimum absolute atomic E-state index is 0.0479. The number of aromatic nitrogens is 1. The summed E-state index contributed by atoms with van der Waals surface area (Å²) in [6, 6.07) is 9.32. The zero-order valence-corrected chi connectivity index (χ0v) is 12.6. The topological polar surface area (TPSA) is 63.2 Å². The van der Waals surface area contributed by atoms with E-state index in [-0.39, 0.29) is 17.6 Å². The first-order chi connectivity index (χ1) is 11.2. The van der Waals surface area contributed by atoms with Gasteiger partial charge in [-0.1, -0.05) is 0 Å². The lowest BCUT2D eigenvalue weighted by molar-refractivity contribution is -0.124. The number of halogens is 1. The number of carbonyl (C=O) groups is 1. The van der Waals surface area contributed by atoms with Gasteiger partial charge in [0.05, 0.1) is 5.92 Å². The molecule has 5 nitrogen and oxygen atoms in total. The molecule has 1 aromatic heterocycles. The van der Waals surface area contributed by atoms with Crippen LogP contribution in [0.3, 0.4) is 0 Å². The number of nitrogens with one attached hydrogen (secondary N) is 2. The van der Waals surface area contributed by atoms with Gasteiger partial charge in [0.1, 0.15) is 11.6 Å². The molecule has 6 heteroatoms. The summed E-state index contributed by atoms with van der Waals surface area (Å²) in [6.07, 6.45) is 2.50. The first-order valence-electron chi connectivity index (χ1n) is 7.57. The number of nitrogens with zero attached hydrogens (tertiary/aromatic N) is 1. The van der Waals surface area contributed by atoms with Crippen LogP contribution in [-0.4, -0.2) is 24.0 Å². The van der Waals surface area contributed by atoms with Gasteiger partial charge in [0, 0.05) is 25.4 Å². The number of ether oxygens (including phenoxy) is 1. The molecule has 1 unspecified atom stereocenters. The van der Waals surface area contributed by atoms with Crippen LogP contribution in [0.4, 0.5) is 4.39 Å². The number of hydrogen-bond donors (Lipinski definition) is 2. The highest BCUT2D eigenvalue weighted by molar-refractivity contribution is 5.79. The van der Waals surface area contributed by atoms with Crippen molar-refractivity contribution in [3.63, 3.8) is 0 Å². The SMILES string of the molecule is O=C(NCc1ccnc(Oc2ccc(F)cc2)c1)C1CCNC1. The van der Waals surface area contributed by atoms with Crippen LogP contribution in [0.1, 0.15) is 12.0 Å². The van der Waals surface area contributed by atoms with Crippen molar-refractivity contribution >= 4 is 5.91 Å². The Hall–Kier alpha value is -2.47. The third-order valence-corrected chi connectivity index (χ3v) is 3.73. The molecule has 2 aromatic rings. The Morgan fingerprint density at radius 3 is 2.91 bits per heavy atom. The lowest BCUT2D eigenvalue weighted by atomic mass is 10.1. The van der Waals surface area contributed by atoms with Crippen molar-refractivity contribution in [2.75, 3.05) is 13.1 Å². The van der Waals surface area contributed by atoms with Crippen molar-refractivity contribution in [1.29, 1.82) is 0 Å². The predicted molar refractivity (Wildman–Crippen MR) is 83.5 cm³/mol. The minimum Gasteiger partial charge on any atom is -0.439 e. The molecule has 0 bridgehead atoms. The Kier molecular flexibility index (Phi) is 4.83. The number of hydrogen-bond acceptors (Lipinski definition) is 4. The summed E-state index contributed by atoms with van der Waals surface area (Å²) in [5.74, 6) is 0.714. The van der Waals surface area contributed by atoms with Crippen LogP contribution >= 0.6 is 0 Å². The molecule has 1 aromatic carbocycles. The van der Waals surface area contributed by atoms with Crippen LogP contribution in [0.15, 0.2) is 42.6 Å². The van der Waals surface area contributed by atoms with Crippen LogP contribution in [0.2, 0.25) is 0 Å². The van der Waals surface area contributed by atoms with Gasteiger partial charge in [0.15, 0.2) is 0 Å². The van der Waals surface area contributed by atoms with Crippen molar-refractivity contribution < 1.29 is 13.9 Å². The molecule has 0 aliphatic carbocycles. The third kappa shape index (κ3) is 4.26. The molecular formula is C17H18FN3O2. The second-order valence-electron chi connectivity index (χ2n) is 5.47. The van der Waals surface area contributed by atoms with Crippen LogP contribution in [0, 0.1) is 11.7 Å². The summed E-state index contributed by atoms with van der Waals surface area (Å²) in [4.78, 5) is 16.1.